The van der Waals surface area contributed by atoms with Crippen molar-refractivity contribution in [3.8, 4) is 11.5 Å². The molecule has 3 N–H and O–H groups in total. The second kappa shape index (κ2) is 7.17. The Morgan fingerprint density at radius 1 is 1.43 bits per heavy atom. The van der Waals surface area contributed by atoms with Crippen LogP contribution in [0.1, 0.15) is 12.0 Å². The van der Waals surface area contributed by atoms with E-state index in [0.29, 0.717) is 19.5 Å². The number of hydrogen-bond acceptors (Lipinski definition) is 4. The van der Waals surface area contributed by atoms with Gasteiger partial charge in [0.15, 0.2) is 0 Å². The van der Waals surface area contributed by atoms with Crippen LogP contribution in [0.3, 0.4) is 0 Å². The summed E-state index contributed by atoms with van der Waals surface area (Å²) < 4.78 is 10.5. The minimum Gasteiger partial charge on any atom is -0.497 e. The van der Waals surface area contributed by atoms with Crippen molar-refractivity contribution in [1.82, 2.24) is 10.2 Å². The first-order valence-corrected chi connectivity index (χ1v) is 7.13. The fourth-order valence-corrected chi connectivity index (χ4v) is 2.45. The van der Waals surface area contributed by atoms with Gasteiger partial charge in [0.1, 0.15) is 11.5 Å². The molecular formula is C15H23N3O3. The van der Waals surface area contributed by atoms with Crippen molar-refractivity contribution in [2.24, 2.45) is 5.73 Å². The van der Waals surface area contributed by atoms with Gasteiger partial charge in [0.05, 0.1) is 14.2 Å². The van der Waals surface area contributed by atoms with Crippen LogP contribution in [0.5, 0.6) is 11.5 Å². The van der Waals surface area contributed by atoms with Crippen LogP contribution >= 0.6 is 0 Å². The summed E-state index contributed by atoms with van der Waals surface area (Å²) in [5.74, 6) is 1.53. The van der Waals surface area contributed by atoms with E-state index in [0.717, 1.165) is 30.0 Å². The summed E-state index contributed by atoms with van der Waals surface area (Å²) in [5, 5.41) is 2.92. The molecule has 0 bridgehead atoms. The predicted octanol–water partition coefficient (Wildman–Crippen LogP) is 0.989. The average Bonchev–Trinajstić information content (AvgIpc) is 2.94. The van der Waals surface area contributed by atoms with E-state index in [-0.39, 0.29) is 12.1 Å². The van der Waals surface area contributed by atoms with E-state index in [1.54, 1.807) is 19.1 Å². The number of ether oxygens (including phenoxy) is 2. The molecule has 0 unspecified atom stereocenters. The number of methoxy groups -OCH3 is 2. The summed E-state index contributed by atoms with van der Waals surface area (Å²) in [6.45, 7) is 1.93. The third-order valence-electron chi connectivity index (χ3n) is 3.68. The molecule has 6 nitrogen and oxygen atoms in total. The number of carbonyl (C=O) groups excluding carboxylic acids is 1. The zero-order chi connectivity index (χ0) is 15.2. The Labute approximate surface area is 125 Å². The Morgan fingerprint density at radius 2 is 2.24 bits per heavy atom. The highest BCUT2D eigenvalue weighted by Crippen LogP contribution is 2.24. The van der Waals surface area contributed by atoms with Gasteiger partial charge in [-0.25, -0.2) is 4.79 Å². The van der Waals surface area contributed by atoms with E-state index in [1.165, 1.54) is 0 Å². The average molecular weight is 293 g/mol. The van der Waals surface area contributed by atoms with Crippen molar-refractivity contribution in [3.63, 3.8) is 0 Å². The van der Waals surface area contributed by atoms with Gasteiger partial charge in [0.25, 0.3) is 0 Å². The first-order chi connectivity index (χ1) is 10.1. The summed E-state index contributed by atoms with van der Waals surface area (Å²) in [4.78, 5) is 13.7. The summed E-state index contributed by atoms with van der Waals surface area (Å²) in [6.07, 6.45) is 1.58. The van der Waals surface area contributed by atoms with Gasteiger partial charge >= 0.3 is 6.03 Å². The Balaban J connectivity index is 1.84. The number of urea groups is 1. The molecule has 2 rings (SSSR count). The highest BCUT2D eigenvalue weighted by molar-refractivity contribution is 5.74. The van der Waals surface area contributed by atoms with Crippen LogP contribution < -0.4 is 20.5 Å². The first-order valence-electron chi connectivity index (χ1n) is 7.13. The lowest BCUT2D eigenvalue weighted by Crippen LogP contribution is -2.40. The molecule has 0 spiro atoms. The van der Waals surface area contributed by atoms with Gasteiger partial charge in [-0.15, -0.1) is 0 Å². The zero-order valence-corrected chi connectivity index (χ0v) is 12.6. The second-order valence-corrected chi connectivity index (χ2v) is 5.15. The van der Waals surface area contributed by atoms with Gasteiger partial charge in [-0.05, 0) is 24.5 Å². The lowest BCUT2D eigenvalue weighted by molar-refractivity contribution is 0.208. The van der Waals surface area contributed by atoms with Crippen LogP contribution in [0.15, 0.2) is 18.2 Å². The molecule has 0 aromatic heterocycles. The van der Waals surface area contributed by atoms with Crippen LogP contribution in [0.2, 0.25) is 0 Å². The van der Waals surface area contributed by atoms with Crippen LogP contribution in [0, 0.1) is 0 Å². The highest BCUT2D eigenvalue weighted by Gasteiger charge is 2.23. The first kappa shape index (κ1) is 15.4. The number of amides is 2. The quantitative estimate of drug-likeness (QED) is 0.849. The number of likely N-dealkylation sites (tertiary alicyclic amines) is 1. The molecular weight excluding hydrogens is 270 g/mol. The molecule has 1 saturated heterocycles. The molecule has 116 valence electrons. The van der Waals surface area contributed by atoms with Crippen molar-refractivity contribution >= 4 is 6.03 Å². The monoisotopic (exact) mass is 293 g/mol. The molecule has 6 heteroatoms. The molecule has 1 atom stereocenters. The molecule has 1 heterocycles. The molecule has 2 amide bonds. The normalized spacial score (nSPS) is 17.7. The van der Waals surface area contributed by atoms with Crippen LogP contribution in [-0.4, -0.2) is 50.8 Å². The smallest absolute Gasteiger partial charge is 0.317 e. The summed E-state index contributed by atoms with van der Waals surface area (Å²) >= 11 is 0. The van der Waals surface area contributed by atoms with E-state index < -0.39 is 0 Å². The predicted molar refractivity (Wildman–Crippen MR) is 80.8 cm³/mol. The molecule has 1 aliphatic heterocycles. The number of hydrogen-bond donors (Lipinski definition) is 2. The molecule has 1 aromatic rings. The van der Waals surface area contributed by atoms with E-state index >= 15 is 0 Å². The summed E-state index contributed by atoms with van der Waals surface area (Å²) in [6, 6.07) is 5.75. The number of nitrogens with two attached hydrogens (primary N) is 1. The molecule has 0 saturated carbocycles. The maximum atomic E-state index is 11.9. The van der Waals surface area contributed by atoms with Gasteiger partial charge in [-0.1, -0.05) is 6.07 Å². The summed E-state index contributed by atoms with van der Waals surface area (Å²) in [7, 11) is 3.25. The number of nitrogens with zero attached hydrogens (tertiary/aromatic N) is 1. The Bertz CT molecular complexity index is 493. The van der Waals surface area contributed by atoms with Crippen molar-refractivity contribution < 1.29 is 14.3 Å². The number of benzene rings is 1. The third-order valence-corrected chi connectivity index (χ3v) is 3.68. The topological polar surface area (TPSA) is 76.8 Å². The van der Waals surface area contributed by atoms with Crippen LogP contribution in [0.4, 0.5) is 4.79 Å². The van der Waals surface area contributed by atoms with Crippen molar-refractivity contribution in [2.75, 3.05) is 33.9 Å². The fourth-order valence-electron chi connectivity index (χ4n) is 2.45. The minimum absolute atomic E-state index is 0.0459. The summed E-state index contributed by atoms with van der Waals surface area (Å²) in [5.41, 5.74) is 6.84. The molecule has 0 aliphatic carbocycles. The highest BCUT2D eigenvalue weighted by atomic mass is 16.5. The molecule has 0 radical (unpaired) electrons. The molecule has 1 aliphatic rings. The Morgan fingerprint density at radius 3 is 2.86 bits per heavy atom. The van der Waals surface area contributed by atoms with Gasteiger partial charge in [0.2, 0.25) is 0 Å². The molecule has 1 aromatic carbocycles. The zero-order valence-electron chi connectivity index (χ0n) is 12.6. The van der Waals surface area contributed by atoms with Gasteiger partial charge in [-0.2, -0.15) is 0 Å². The number of nitrogens with one attached hydrogen (secondary N) is 1. The van der Waals surface area contributed by atoms with Gasteiger partial charge in [0, 0.05) is 31.7 Å². The maximum absolute atomic E-state index is 11.9. The lowest BCUT2D eigenvalue weighted by Gasteiger charge is -2.17. The number of rotatable bonds is 5. The van der Waals surface area contributed by atoms with Crippen LogP contribution in [-0.2, 0) is 6.42 Å². The lowest BCUT2D eigenvalue weighted by atomic mass is 10.1. The minimum atomic E-state index is -0.0459. The largest absolute Gasteiger partial charge is 0.497 e. The Hall–Kier alpha value is -1.95. The second-order valence-electron chi connectivity index (χ2n) is 5.15. The van der Waals surface area contributed by atoms with Gasteiger partial charge in [-0.3, -0.25) is 0 Å². The third kappa shape index (κ3) is 4.01. The Kier molecular flexibility index (Phi) is 5.27. The molecule has 21 heavy (non-hydrogen) atoms. The van der Waals surface area contributed by atoms with E-state index in [2.05, 4.69) is 5.32 Å². The van der Waals surface area contributed by atoms with Crippen molar-refractivity contribution in [1.29, 1.82) is 0 Å². The van der Waals surface area contributed by atoms with Crippen molar-refractivity contribution in [2.45, 2.75) is 18.9 Å². The van der Waals surface area contributed by atoms with E-state index in [9.17, 15) is 4.79 Å². The number of carbonyl (C=O) groups is 1. The van der Waals surface area contributed by atoms with Gasteiger partial charge < -0.3 is 25.4 Å². The fraction of sp³-hybridized carbons (Fsp3) is 0.533. The molecule has 1 fully saturated rings. The standard InChI is InChI=1S/C15H23N3O3/c1-20-13-4-3-11(14(9-13)21-2)5-7-17-15(19)18-8-6-12(16)10-18/h3-4,9,12H,5-8,10,16H2,1-2H3,(H,17,19)/t12-/m1/s1. The van der Waals surface area contributed by atoms with E-state index in [1.807, 2.05) is 18.2 Å². The van der Waals surface area contributed by atoms with E-state index in [4.69, 9.17) is 15.2 Å². The van der Waals surface area contributed by atoms with Crippen molar-refractivity contribution in [3.05, 3.63) is 23.8 Å². The van der Waals surface area contributed by atoms with Crippen LogP contribution in [0.25, 0.3) is 0 Å². The maximum Gasteiger partial charge on any atom is 0.317 e. The SMILES string of the molecule is COc1ccc(CCNC(=O)N2CC[C@@H](N)C2)c(OC)c1.